The standard InChI is InChI=1S/C28H20Cl3N7O9S3/c1-13-7-15(32-28-33-26(30)25(29)27(31)34-28)3-5-21(13)37-35-16-4-6-22(14(2)8-16)38-36-17-9-19-20(23(10-17)49(42,43)44)11-18(48(39,40)41)12-24(19)50(45,46)47/h3-12H,1-2H3,(H,32,33,34)(H,39,40,41)(H,42,43,44)(H,45,46,47). The van der Waals surface area contributed by atoms with Gasteiger partial charge in [0.25, 0.3) is 30.4 Å². The lowest BCUT2D eigenvalue weighted by Gasteiger charge is -2.11. The van der Waals surface area contributed by atoms with Gasteiger partial charge in [-0.3, -0.25) is 13.7 Å². The van der Waals surface area contributed by atoms with Crippen molar-refractivity contribution in [1.82, 2.24) is 9.97 Å². The fourth-order valence-corrected chi connectivity index (χ4v) is 6.97. The molecule has 0 saturated carbocycles. The molecular formula is C28H20Cl3N7O9S3. The zero-order valence-corrected chi connectivity index (χ0v) is 29.8. The van der Waals surface area contributed by atoms with Crippen LogP contribution in [-0.4, -0.2) is 48.9 Å². The van der Waals surface area contributed by atoms with Crippen molar-refractivity contribution in [2.45, 2.75) is 28.5 Å². The summed E-state index contributed by atoms with van der Waals surface area (Å²) in [6.45, 7) is 3.48. The van der Waals surface area contributed by atoms with E-state index < -0.39 is 55.8 Å². The normalized spacial score (nSPS) is 12.7. The molecule has 5 rings (SSSR count). The number of hydrogen-bond acceptors (Lipinski definition) is 13. The molecule has 50 heavy (non-hydrogen) atoms. The number of halogens is 3. The minimum atomic E-state index is -5.18. The molecule has 0 aliphatic heterocycles. The molecule has 0 aliphatic rings. The van der Waals surface area contributed by atoms with Crippen molar-refractivity contribution in [3.63, 3.8) is 0 Å². The number of azo groups is 2. The van der Waals surface area contributed by atoms with Crippen LogP contribution in [0.3, 0.4) is 0 Å². The van der Waals surface area contributed by atoms with E-state index in [4.69, 9.17) is 34.8 Å². The SMILES string of the molecule is Cc1cc(N=Nc2ccc(Nc3nc(Cl)c(Cl)c(Cl)n3)cc2C)ccc1N=Nc1cc(S(=O)(=O)O)c2cc(S(=O)(=O)O)cc(S(=O)(=O)O)c2c1. The summed E-state index contributed by atoms with van der Waals surface area (Å²) < 4.78 is 101. The Morgan fingerprint density at radius 2 is 1.12 bits per heavy atom. The second-order valence-corrected chi connectivity index (χ2v) is 15.6. The van der Waals surface area contributed by atoms with Crippen LogP contribution in [0.25, 0.3) is 10.8 Å². The number of nitrogens with one attached hydrogen (secondary N) is 1. The van der Waals surface area contributed by atoms with Gasteiger partial charge in [0.2, 0.25) is 5.95 Å². The van der Waals surface area contributed by atoms with Crippen LogP contribution in [0.4, 0.5) is 34.4 Å². The van der Waals surface area contributed by atoms with Gasteiger partial charge in [-0.25, -0.2) is 0 Å². The Hall–Kier alpha value is -4.18. The third-order valence-electron chi connectivity index (χ3n) is 6.76. The number of hydrogen-bond donors (Lipinski definition) is 4. The summed E-state index contributed by atoms with van der Waals surface area (Å²) >= 11 is 17.8. The molecule has 0 atom stereocenters. The van der Waals surface area contributed by atoms with E-state index >= 15 is 0 Å². The summed E-state index contributed by atoms with van der Waals surface area (Å²) in [6, 6.07) is 12.8. The molecule has 1 heterocycles. The minimum Gasteiger partial charge on any atom is -0.324 e. The van der Waals surface area contributed by atoms with Gasteiger partial charge >= 0.3 is 0 Å². The lowest BCUT2D eigenvalue weighted by molar-refractivity contribution is 0.478. The van der Waals surface area contributed by atoms with Crippen LogP contribution in [-0.2, 0) is 30.4 Å². The summed E-state index contributed by atoms with van der Waals surface area (Å²) in [5.74, 6) is 0.141. The van der Waals surface area contributed by atoms with Gasteiger partial charge in [0.1, 0.15) is 14.8 Å². The molecule has 0 spiro atoms. The molecule has 4 N–H and O–H groups in total. The molecule has 0 fully saturated rings. The highest BCUT2D eigenvalue weighted by atomic mass is 35.5. The summed E-state index contributed by atoms with van der Waals surface area (Å²) in [4.78, 5) is 4.99. The van der Waals surface area contributed by atoms with Gasteiger partial charge in [-0.2, -0.15) is 55.7 Å². The fraction of sp³-hybridized carbons (Fsp3) is 0.0714. The topological polar surface area (TPSA) is 250 Å². The first-order valence-electron chi connectivity index (χ1n) is 13.5. The highest BCUT2D eigenvalue weighted by Crippen LogP contribution is 2.37. The van der Waals surface area contributed by atoms with Gasteiger partial charge in [-0.05, 0) is 85.6 Å². The van der Waals surface area contributed by atoms with Gasteiger partial charge in [0, 0.05) is 16.5 Å². The van der Waals surface area contributed by atoms with Crippen molar-refractivity contribution < 1.29 is 38.9 Å². The van der Waals surface area contributed by atoms with Crippen LogP contribution in [0.15, 0.2) is 95.8 Å². The first-order valence-corrected chi connectivity index (χ1v) is 18.9. The predicted molar refractivity (Wildman–Crippen MR) is 184 cm³/mol. The van der Waals surface area contributed by atoms with E-state index in [0.29, 0.717) is 34.8 Å². The van der Waals surface area contributed by atoms with Gasteiger partial charge in [-0.1, -0.05) is 34.8 Å². The predicted octanol–water partition coefficient (Wildman–Crippen LogP) is 8.52. The number of fused-ring (bicyclic) bond motifs is 1. The zero-order chi connectivity index (χ0) is 36.8. The van der Waals surface area contributed by atoms with Crippen molar-refractivity contribution in [2.24, 2.45) is 20.5 Å². The molecule has 5 aromatic rings. The summed E-state index contributed by atoms with van der Waals surface area (Å²) in [6.07, 6.45) is 0. The number of benzene rings is 4. The molecule has 0 saturated heterocycles. The van der Waals surface area contributed by atoms with Crippen molar-refractivity contribution in [1.29, 1.82) is 0 Å². The minimum absolute atomic E-state index is 0.00696. The molecule has 22 heteroatoms. The van der Waals surface area contributed by atoms with Crippen molar-refractivity contribution in [3.05, 3.63) is 87.1 Å². The third kappa shape index (κ3) is 8.40. The largest absolute Gasteiger partial charge is 0.324 e. The van der Waals surface area contributed by atoms with Crippen LogP contribution in [0.5, 0.6) is 0 Å². The highest BCUT2D eigenvalue weighted by Gasteiger charge is 2.25. The van der Waals surface area contributed by atoms with Crippen LogP contribution < -0.4 is 5.32 Å². The van der Waals surface area contributed by atoms with E-state index in [1.807, 2.05) is 6.92 Å². The molecule has 1 aromatic heterocycles. The molecule has 0 aliphatic carbocycles. The Bertz CT molecular complexity index is 2600. The second-order valence-electron chi connectivity index (χ2n) is 10.3. The average molecular weight is 801 g/mol. The van der Waals surface area contributed by atoms with Gasteiger partial charge in [-0.15, -0.1) is 0 Å². The molecule has 0 amide bonds. The monoisotopic (exact) mass is 799 g/mol. The zero-order valence-electron chi connectivity index (χ0n) is 25.1. The highest BCUT2D eigenvalue weighted by molar-refractivity contribution is 7.87. The Labute approximate surface area is 299 Å². The fourth-order valence-electron chi connectivity index (χ4n) is 4.45. The first-order chi connectivity index (χ1) is 23.2. The van der Waals surface area contributed by atoms with Crippen LogP contribution in [0.1, 0.15) is 11.1 Å². The molecule has 0 radical (unpaired) electrons. The Kier molecular flexibility index (Phi) is 10.3. The molecular weight excluding hydrogens is 781 g/mol. The number of rotatable bonds is 9. The summed E-state index contributed by atoms with van der Waals surface area (Å²) in [5.41, 5.74) is 2.89. The van der Waals surface area contributed by atoms with E-state index in [-0.39, 0.29) is 32.7 Å². The lowest BCUT2D eigenvalue weighted by atomic mass is 10.1. The molecule has 16 nitrogen and oxygen atoms in total. The maximum atomic E-state index is 12.2. The number of nitrogens with zero attached hydrogens (tertiary/aromatic N) is 6. The first kappa shape index (κ1) is 37.1. The van der Waals surface area contributed by atoms with E-state index in [1.165, 1.54) is 6.07 Å². The summed E-state index contributed by atoms with van der Waals surface area (Å²) in [7, 11) is -15.4. The Morgan fingerprint density at radius 3 is 1.66 bits per heavy atom. The molecule has 0 bridgehead atoms. The van der Waals surface area contributed by atoms with Crippen LogP contribution in [0.2, 0.25) is 15.3 Å². The smallest absolute Gasteiger partial charge is 0.295 e. The molecule has 260 valence electrons. The Morgan fingerprint density at radius 1 is 0.600 bits per heavy atom. The summed E-state index contributed by atoms with van der Waals surface area (Å²) in [5, 5.41) is 18.4. The second kappa shape index (κ2) is 13.9. The number of anilines is 2. The van der Waals surface area contributed by atoms with E-state index in [2.05, 4.69) is 35.7 Å². The van der Waals surface area contributed by atoms with Gasteiger partial charge in [0.15, 0.2) is 10.3 Å². The van der Waals surface area contributed by atoms with Crippen molar-refractivity contribution >= 4 is 110 Å². The van der Waals surface area contributed by atoms with Crippen molar-refractivity contribution in [3.8, 4) is 0 Å². The van der Waals surface area contributed by atoms with E-state index in [9.17, 15) is 38.9 Å². The maximum Gasteiger partial charge on any atom is 0.295 e. The van der Waals surface area contributed by atoms with E-state index in [0.717, 1.165) is 17.7 Å². The Balaban J connectivity index is 1.42. The molecule has 4 aromatic carbocycles. The molecule has 0 unspecified atom stereocenters. The van der Waals surface area contributed by atoms with Crippen LogP contribution in [0, 0.1) is 13.8 Å². The lowest BCUT2D eigenvalue weighted by Crippen LogP contribution is -2.07. The third-order valence-corrected chi connectivity index (χ3v) is 10.5. The van der Waals surface area contributed by atoms with Gasteiger partial charge in [0.05, 0.1) is 27.6 Å². The number of aromatic nitrogens is 2. The van der Waals surface area contributed by atoms with E-state index in [1.54, 1.807) is 37.3 Å². The number of aryl methyl sites for hydroxylation is 2. The van der Waals surface area contributed by atoms with Gasteiger partial charge < -0.3 is 5.32 Å². The quantitative estimate of drug-likeness (QED) is 0.0622. The van der Waals surface area contributed by atoms with Crippen LogP contribution >= 0.6 is 34.8 Å². The maximum absolute atomic E-state index is 12.2. The van der Waals surface area contributed by atoms with Crippen molar-refractivity contribution in [2.75, 3.05) is 5.32 Å². The average Bonchev–Trinajstić information content (AvgIpc) is 3.00.